The maximum absolute atomic E-state index is 9.98. The smallest absolute Gasteiger partial charge is 0.120 e. The molecule has 0 aromatic heterocycles. The van der Waals surface area contributed by atoms with Gasteiger partial charge in [0, 0.05) is 28.7 Å². The fourth-order valence-electron chi connectivity index (χ4n) is 2.62. The molecule has 0 saturated carbocycles. The predicted molar refractivity (Wildman–Crippen MR) is 75.8 cm³/mol. The van der Waals surface area contributed by atoms with E-state index >= 15 is 0 Å². The minimum absolute atomic E-state index is 0.164. The highest BCUT2D eigenvalue weighted by atomic mass is 79.9. The fraction of sp³-hybridized carbons (Fsp3) is 0.571. The van der Waals surface area contributed by atoms with Crippen LogP contribution in [0.5, 0.6) is 5.75 Å². The van der Waals surface area contributed by atoms with Crippen LogP contribution in [0, 0.1) is 0 Å². The highest BCUT2D eigenvalue weighted by Crippen LogP contribution is 2.33. The van der Waals surface area contributed by atoms with Crippen LogP contribution in [0.4, 0.5) is 0 Å². The molecule has 1 fully saturated rings. The molecule has 100 valence electrons. The molecule has 1 aliphatic heterocycles. The lowest BCUT2D eigenvalue weighted by atomic mass is 10.0. The van der Waals surface area contributed by atoms with Crippen molar-refractivity contribution in [2.24, 2.45) is 0 Å². The summed E-state index contributed by atoms with van der Waals surface area (Å²) >= 11 is 3.45. The van der Waals surface area contributed by atoms with E-state index in [0.717, 1.165) is 23.1 Å². The molecule has 1 saturated heterocycles. The highest BCUT2D eigenvalue weighted by molar-refractivity contribution is 9.10. The summed E-state index contributed by atoms with van der Waals surface area (Å²) in [5, 5.41) is 9.98. The number of phenols is 1. The molecular formula is C14H20BrNO2. The van der Waals surface area contributed by atoms with Gasteiger partial charge in [0.05, 0.1) is 6.10 Å². The molecule has 0 radical (unpaired) electrons. The summed E-state index contributed by atoms with van der Waals surface area (Å²) in [5.41, 5.74) is 0.950. The zero-order chi connectivity index (χ0) is 13.3. The topological polar surface area (TPSA) is 32.7 Å². The Hall–Kier alpha value is -0.580. The number of phenolic OH excluding ortho intramolecular Hbond substituents is 1. The van der Waals surface area contributed by atoms with Crippen molar-refractivity contribution in [3.05, 3.63) is 28.2 Å². The molecule has 4 heteroatoms. The minimum atomic E-state index is 0.164. The van der Waals surface area contributed by atoms with Gasteiger partial charge < -0.3 is 9.84 Å². The molecule has 1 aliphatic rings. The highest BCUT2D eigenvalue weighted by Gasteiger charge is 2.31. The van der Waals surface area contributed by atoms with E-state index in [4.69, 9.17) is 4.74 Å². The average Bonchev–Trinajstić information content (AvgIpc) is 2.77. The number of nitrogens with zero attached hydrogens (tertiary/aromatic N) is 1. The molecule has 0 amide bonds. The van der Waals surface area contributed by atoms with Gasteiger partial charge in [-0.1, -0.05) is 15.9 Å². The summed E-state index contributed by atoms with van der Waals surface area (Å²) in [4.78, 5) is 2.29. The van der Waals surface area contributed by atoms with Gasteiger partial charge >= 0.3 is 0 Å². The first-order valence-electron chi connectivity index (χ1n) is 6.32. The van der Waals surface area contributed by atoms with E-state index in [-0.39, 0.29) is 12.1 Å². The Bertz CT molecular complexity index is 424. The lowest BCUT2D eigenvalue weighted by Gasteiger charge is -2.32. The van der Waals surface area contributed by atoms with Crippen LogP contribution in [0.25, 0.3) is 0 Å². The first-order valence-corrected chi connectivity index (χ1v) is 7.12. The average molecular weight is 314 g/mol. The van der Waals surface area contributed by atoms with E-state index < -0.39 is 0 Å². The third-order valence-corrected chi connectivity index (χ3v) is 4.40. The zero-order valence-corrected chi connectivity index (χ0v) is 12.6. The molecule has 3 unspecified atom stereocenters. The van der Waals surface area contributed by atoms with E-state index in [1.807, 2.05) is 12.1 Å². The van der Waals surface area contributed by atoms with Crippen molar-refractivity contribution in [3.63, 3.8) is 0 Å². The molecule has 1 aromatic rings. The number of hydrogen-bond donors (Lipinski definition) is 1. The Morgan fingerprint density at radius 2 is 2.22 bits per heavy atom. The molecule has 3 atom stereocenters. The van der Waals surface area contributed by atoms with Crippen molar-refractivity contribution in [2.45, 2.75) is 38.5 Å². The number of halogens is 1. The largest absolute Gasteiger partial charge is 0.508 e. The van der Waals surface area contributed by atoms with Gasteiger partial charge in [-0.15, -0.1) is 0 Å². The molecule has 18 heavy (non-hydrogen) atoms. The van der Waals surface area contributed by atoms with Gasteiger partial charge in [0.2, 0.25) is 0 Å². The van der Waals surface area contributed by atoms with Gasteiger partial charge in [-0.25, -0.2) is 0 Å². The van der Waals surface area contributed by atoms with Crippen LogP contribution in [0.2, 0.25) is 0 Å². The summed E-state index contributed by atoms with van der Waals surface area (Å²) in [6.07, 6.45) is 1.31. The van der Waals surface area contributed by atoms with Gasteiger partial charge in [0.1, 0.15) is 5.75 Å². The maximum atomic E-state index is 9.98. The lowest BCUT2D eigenvalue weighted by Crippen LogP contribution is -2.38. The van der Waals surface area contributed by atoms with Gasteiger partial charge in [-0.2, -0.15) is 0 Å². The monoisotopic (exact) mass is 313 g/mol. The van der Waals surface area contributed by atoms with Gasteiger partial charge in [-0.05, 0) is 45.5 Å². The number of hydrogen-bond acceptors (Lipinski definition) is 3. The van der Waals surface area contributed by atoms with Crippen molar-refractivity contribution >= 4 is 15.9 Å². The van der Waals surface area contributed by atoms with Crippen LogP contribution in [0.3, 0.4) is 0 Å². The molecular weight excluding hydrogens is 294 g/mol. The van der Waals surface area contributed by atoms with E-state index in [9.17, 15) is 5.11 Å². The summed E-state index contributed by atoms with van der Waals surface area (Å²) in [5.74, 6) is 0.351. The Morgan fingerprint density at radius 1 is 1.50 bits per heavy atom. The van der Waals surface area contributed by atoms with Gasteiger partial charge in [0.25, 0.3) is 0 Å². The first-order chi connectivity index (χ1) is 8.50. The lowest BCUT2D eigenvalue weighted by molar-refractivity contribution is 0.0699. The number of benzene rings is 1. The normalized spacial score (nSPS) is 25.6. The molecule has 3 nitrogen and oxygen atoms in total. The third-order valence-electron chi connectivity index (χ3n) is 3.91. The predicted octanol–water partition coefficient (Wildman–Crippen LogP) is 3.32. The van der Waals surface area contributed by atoms with E-state index in [0.29, 0.717) is 11.8 Å². The Morgan fingerprint density at radius 3 is 2.83 bits per heavy atom. The molecule has 0 bridgehead atoms. The number of ether oxygens (including phenoxy) is 1. The first kappa shape index (κ1) is 13.8. The Kier molecular flexibility index (Phi) is 4.30. The number of likely N-dealkylation sites (N-methyl/N-ethyl adjacent to an activating group) is 1. The third kappa shape index (κ3) is 2.71. The van der Waals surface area contributed by atoms with Gasteiger partial charge in [0.15, 0.2) is 0 Å². The van der Waals surface area contributed by atoms with Crippen LogP contribution >= 0.6 is 15.9 Å². The van der Waals surface area contributed by atoms with Crippen molar-refractivity contribution in [1.82, 2.24) is 4.90 Å². The van der Waals surface area contributed by atoms with Crippen LogP contribution in [0.15, 0.2) is 22.7 Å². The molecule has 0 aliphatic carbocycles. The second-order valence-electron chi connectivity index (χ2n) is 4.98. The summed E-state index contributed by atoms with van der Waals surface area (Å²) < 4.78 is 6.61. The molecule has 0 spiro atoms. The second kappa shape index (κ2) is 5.59. The molecule has 1 heterocycles. The van der Waals surface area contributed by atoms with Crippen molar-refractivity contribution < 1.29 is 9.84 Å². The minimum Gasteiger partial charge on any atom is -0.508 e. The van der Waals surface area contributed by atoms with Crippen LogP contribution < -0.4 is 0 Å². The number of aromatic hydroxyl groups is 1. The zero-order valence-electron chi connectivity index (χ0n) is 11.1. The van der Waals surface area contributed by atoms with Crippen LogP contribution in [-0.2, 0) is 4.74 Å². The summed E-state index contributed by atoms with van der Waals surface area (Å²) in [6, 6.07) is 6.15. The fourth-order valence-corrected chi connectivity index (χ4v) is 3.00. The number of rotatable bonds is 3. The van der Waals surface area contributed by atoms with Gasteiger partial charge in [-0.3, -0.25) is 4.90 Å². The van der Waals surface area contributed by atoms with E-state index in [1.165, 1.54) is 0 Å². The summed E-state index contributed by atoms with van der Waals surface area (Å²) in [6.45, 7) is 5.06. The van der Waals surface area contributed by atoms with Crippen LogP contribution in [0.1, 0.15) is 31.9 Å². The SMILES string of the molecule is CC1OCCC1N(C)C(C)c1cc(Br)ccc1O. The van der Waals surface area contributed by atoms with Crippen molar-refractivity contribution in [3.8, 4) is 5.75 Å². The molecule has 1 N–H and O–H groups in total. The Balaban J connectivity index is 2.19. The standard InChI is InChI=1S/C14H20BrNO2/c1-9(12-8-11(15)4-5-14(12)17)16(3)13-6-7-18-10(13)2/h4-5,8-10,13,17H,6-7H2,1-3H3. The van der Waals surface area contributed by atoms with E-state index in [2.05, 4.69) is 41.7 Å². The van der Waals surface area contributed by atoms with Crippen molar-refractivity contribution in [2.75, 3.05) is 13.7 Å². The summed E-state index contributed by atoms with van der Waals surface area (Å²) in [7, 11) is 2.10. The van der Waals surface area contributed by atoms with Crippen LogP contribution in [-0.4, -0.2) is 35.8 Å². The molecule has 2 rings (SSSR count). The maximum Gasteiger partial charge on any atom is 0.120 e. The quantitative estimate of drug-likeness (QED) is 0.929. The molecule has 1 aromatic carbocycles. The van der Waals surface area contributed by atoms with Crippen molar-refractivity contribution in [1.29, 1.82) is 0 Å². The Labute approximate surface area is 117 Å². The second-order valence-corrected chi connectivity index (χ2v) is 5.89. The van der Waals surface area contributed by atoms with E-state index in [1.54, 1.807) is 6.07 Å².